The minimum atomic E-state index is -5.30. The number of nitrogens with one attached hydrogen (secondary N) is 1. The van der Waals surface area contributed by atoms with Crippen LogP contribution in [0.25, 0.3) is 0 Å². The number of carboxylic acid groups (broad SMARTS) is 1. The van der Waals surface area contributed by atoms with Crippen LogP contribution in [0.1, 0.15) is 28.7 Å². The SMILES string of the molecule is O=C(O)NCc1ccc(N2CCC(c3cc(C(F)(F)F)cc(C(F)(F)F)c3)(C(F)(F)F)C2)nc1Br. The normalized spacial score (nSPS) is 19.2. The van der Waals surface area contributed by atoms with E-state index in [4.69, 9.17) is 5.11 Å². The molecule has 0 spiro atoms. The molecular formula is C20H15BrF9N3O2. The average Bonchev–Trinajstić information content (AvgIpc) is 3.18. The van der Waals surface area contributed by atoms with Crippen LogP contribution in [0.15, 0.2) is 34.9 Å². The monoisotopic (exact) mass is 579 g/mol. The lowest BCUT2D eigenvalue weighted by Gasteiger charge is -2.33. The molecule has 2 N–H and O–H groups in total. The third-order valence-electron chi connectivity index (χ3n) is 5.62. The van der Waals surface area contributed by atoms with Gasteiger partial charge in [0.25, 0.3) is 0 Å². The van der Waals surface area contributed by atoms with Crippen LogP contribution in [-0.4, -0.2) is 35.4 Å². The Morgan fingerprint density at radius 1 is 1.03 bits per heavy atom. The van der Waals surface area contributed by atoms with Crippen molar-refractivity contribution in [3.05, 3.63) is 57.2 Å². The second-order valence-electron chi connectivity index (χ2n) is 7.82. The Kier molecular flexibility index (Phi) is 6.96. The predicted octanol–water partition coefficient (Wildman–Crippen LogP) is 6.36. The van der Waals surface area contributed by atoms with Crippen LogP contribution in [0, 0.1) is 0 Å². The third-order valence-corrected chi connectivity index (χ3v) is 6.30. The number of anilines is 1. The van der Waals surface area contributed by atoms with E-state index in [9.17, 15) is 44.3 Å². The van der Waals surface area contributed by atoms with Gasteiger partial charge in [0, 0.05) is 25.2 Å². The summed E-state index contributed by atoms with van der Waals surface area (Å²) in [6.45, 7) is -1.50. The number of rotatable bonds is 4. The number of alkyl halides is 9. The standard InChI is InChI=1S/C20H15BrF9N3O2/c21-15-10(8-31-16(34)35)1-2-14(32-15)33-4-3-17(9-33,20(28,29)30)11-5-12(18(22,23)24)7-13(6-11)19(25,26)27/h1-2,5-7,31H,3-4,8-9H2,(H,34,35). The number of hydrogen-bond acceptors (Lipinski definition) is 3. The Morgan fingerprint density at radius 3 is 2.06 bits per heavy atom. The molecule has 35 heavy (non-hydrogen) atoms. The van der Waals surface area contributed by atoms with Crippen molar-refractivity contribution in [1.29, 1.82) is 0 Å². The smallest absolute Gasteiger partial charge is 0.416 e. The molecule has 1 fully saturated rings. The van der Waals surface area contributed by atoms with Crippen LogP contribution in [0.2, 0.25) is 0 Å². The average molecular weight is 580 g/mol. The van der Waals surface area contributed by atoms with Gasteiger partial charge in [0.05, 0.1) is 11.1 Å². The first-order valence-corrected chi connectivity index (χ1v) is 10.5. The van der Waals surface area contributed by atoms with Crippen molar-refractivity contribution in [3.63, 3.8) is 0 Å². The van der Waals surface area contributed by atoms with Crippen LogP contribution in [-0.2, 0) is 24.3 Å². The highest BCUT2D eigenvalue weighted by atomic mass is 79.9. The summed E-state index contributed by atoms with van der Waals surface area (Å²) in [6, 6.07) is 2.65. The summed E-state index contributed by atoms with van der Waals surface area (Å²) < 4.78 is 123. The Morgan fingerprint density at radius 2 is 1.60 bits per heavy atom. The fraction of sp³-hybridized carbons (Fsp3) is 0.400. The van der Waals surface area contributed by atoms with Gasteiger partial charge in [0.2, 0.25) is 0 Å². The second kappa shape index (κ2) is 9.06. The predicted molar refractivity (Wildman–Crippen MR) is 108 cm³/mol. The van der Waals surface area contributed by atoms with Crippen molar-refractivity contribution in [2.75, 3.05) is 18.0 Å². The Balaban J connectivity index is 2.04. The van der Waals surface area contributed by atoms with Gasteiger partial charge in [-0.3, -0.25) is 0 Å². The molecule has 15 heteroatoms. The summed E-state index contributed by atoms with van der Waals surface area (Å²) in [4.78, 5) is 15.8. The summed E-state index contributed by atoms with van der Waals surface area (Å²) in [5.41, 5.74) is -7.48. The lowest BCUT2D eigenvalue weighted by atomic mass is 9.77. The van der Waals surface area contributed by atoms with Gasteiger partial charge in [-0.15, -0.1) is 0 Å². The minimum absolute atomic E-state index is 0.0231. The Labute approximate surface area is 200 Å². The van der Waals surface area contributed by atoms with Gasteiger partial charge in [0.1, 0.15) is 15.8 Å². The number of halogens is 10. The zero-order valence-corrected chi connectivity index (χ0v) is 18.8. The molecule has 1 aromatic heterocycles. The fourth-order valence-electron chi connectivity index (χ4n) is 3.80. The summed E-state index contributed by atoms with van der Waals surface area (Å²) in [6.07, 6.45) is -17.9. The summed E-state index contributed by atoms with van der Waals surface area (Å²) in [5.74, 6) is -0.0231. The molecule has 0 aliphatic carbocycles. The van der Waals surface area contributed by atoms with Crippen LogP contribution >= 0.6 is 15.9 Å². The van der Waals surface area contributed by atoms with Crippen LogP contribution in [0.4, 0.5) is 50.1 Å². The van der Waals surface area contributed by atoms with E-state index in [-0.39, 0.29) is 41.7 Å². The number of aromatic nitrogens is 1. The first-order valence-electron chi connectivity index (χ1n) is 9.68. The van der Waals surface area contributed by atoms with Crippen molar-refractivity contribution < 1.29 is 49.4 Å². The van der Waals surface area contributed by atoms with E-state index in [1.54, 1.807) is 0 Å². The molecule has 1 aliphatic rings. The Hall–Kier alpha value is -2.71. The molecule has 3 rings (SSSR count). The van der Waals surface area contributed by atoms with E-state index in [1.807, 2.05) is 0 Å². The van der Waals surface area contributed by atoms with E-state index in [0.717, 1.165) is 4.90 Å². The summed E-state index contributed by atoms with van der Waals surface area (Å²) >= 11 is 3.08. The number of hydrogen-bond donors (Lipinski definition) is 2. The fourth-order valence-corrected chi connectivity index (χ4v) is 4.25. The quantitative estimate of drug-likeness (QED) is 0.327. The van der Waals surface area contributed by atoms with Crippen LogP contribution in [0.3, 0.4) is 0 Å². The maximum Gasteiger partial charge on any atom is 0.416 e. The highest BCUT2D eigenvalue weighted by molar-refractivity contribution is 9.10. The van der Waals surface area contributed by atoms with E-state index in [1.165, 1.54) is 12.1 Å². The second-order valence-corrected chi connectivity index (χ2v) is 8.58. The highest BCUT2D eigenvalue weighted by Gasteiger charge is 2.60. The van der Waals surface area contributed by atoms with Gasteiger partial charge < -0.3 is 15.3 Å². The summed E-state index contributed by atoms with van der Waals surface area (Å²) in [5, 5.41) is 10.8. The van der Waals surface area contributed by atoms with Gasteiger partial charge in [-0.05, 0) is 52.2 Å². The third kappa shape index (κ3) is 5.59. The molecule has 1 aromatic carbocycles. The van der Waals surface area contributed by atoms with Gasteiger partial charge >= 0.3 is 24.6 Å². The molecule has 1 unspecified atom stereocenters. The zero-order valence-electron chi connectivity index (χ0n) is 17.2. The molecule has 1 saturated heterocycles. The number of benzene rings is 1. The van der Waals surface area contributed by atoms with Crippen molar-refractivity contribution in [3.8, 4) is 0 Å². The minimum Gasteiger partial charge on any atom is -0.465 e. The van der Waals surface area contributed by atoms with Crippen molar-refractivity contribution in [2.24, 2.45) is 0 Å². The molecule has 192 valence electrons. The number of pyridine rings is 1. The van der Waals surface area contributed by atoms with Gasteiger partial charge in [-0.25, -0.2) is 9.78 Å². The highest BCUT2D eigenvalue weighted by Crippen LogP contribution is 2.50. The van der Waals surface area contributed by atoms with Crippen molar-refractivity contribution in [2.45, 2.75) is 36.9 Å². The van der Waals surface area contributed by atoms with Gasteiger partial charge in [-0.2, -0.15) is 39.5 Å². The molecule has 2 aromatic rings. The van der Waals surface area contributed by atoms with Crippen LogP contribution in [0.5, 0.6) is 0 Å². The maximum atomic E-state index is 14.3. The molecule has 1 aliphatic heterocycles. The lowest BCUT2D eigenvalue weighted by molar-refractivity contribution is -0.185. The van der Waals surface area contributed by atoms with E-state index < -0.39 is 59.7 Å². The molecular weight excluding hydrogens is 565 g/mol. The van der Waals surface area contributed by atoms with E-state index in [2.05, 4.69) is 26.2 Å². The largest absolute Gasteiger partial charge is 0.465 e. The molecule has 5 nitrogen and oxygen atoms in total. The van der Waals surface area contributed by atoms with E-state index in [0.29, 0.717) is 5.56 Å². The summed E-state index contributed by atoms with van der Waals surface area (Å²) in [7, 11) is 0. The van der Waals surface area contributed by atoms with Gasteiger partial charge in [-0.1, -0.05) is 6.07 Å². The lowest BCUT2D eigenvalue weighted by Crippen LogP contribution is -2.45. The number of nitrogens with zero attached hydrogens (tertiary/aromatic N) is 2. The maximum absolute atomic E-state index is 14.3. The van der Waals surface area contributed by atoms with E-state index >= 15 is 0 Å². The Bertz CT molecular complexity index is 1090. The molecule has 1 atom stereocenters. The molecule has 1 amide bonds. The molecule has 2 heterocycles. The number of amides is 1. The van der Waals surface area contributed by atoms with Crippen LogP contribution < -0.4 is 10.2 Å². The number of carbonyl (C=O) groups is 1. The van der Waals surface area contributed by atoms with Crippen molar-refractivity contribution >= 4 is 27.8 Å². The molecule has 0 radical (unpaired) electrons. The van der Waals surface area contributed by atoms with Crippen molar-refractivity contribution in [1.82, 2.24) is 10.3 Å². The molecule has 0 bridgehead atoms. The van der Waals surface area contributed by atoms with Gasteiger partial charge in [0.15, 0.2) is 0 Å². The first kappa shape index (κ1) is 26.9. The topological polar surface area (TPSA) is 65.5 Å². The zero-order chi connectivity index (χ0) is 26.4. The molecule has 0 saturated carbocycles. The first-order chi connectivity index (χ1) is 15.9.